The molecule has 3 aliphatic heterocycles. The van der Waals surface area contributed by atoms with E-state index < -0.39 is 23.1 Å². The molecule has 0 N–H and O–H groups in total. The SMILES string of the molecule is C1=C\CC/C=C\CC/1.C[C@@H]1CC[C@@H](C)P1C1=C(P2[C@H](C)CC[C@H]2C)C(=O)N(C)C1=O.F[B-](F)(F)F.[Rh+]. The van der Waals surface area contributed by atoms with Crippen LogP contribution in [-0.2, 0) is 29.1 Å². The summed E-state index contributed by atoms with van der Waals surface area (Å²) in [6, 6.07) is 0. The van der Waals surface area contributed by atoms with E-state index in [4.69, 9.17) is 0 Å². The van der Waals surface area contributed by atoms with Gasteiger partial charge in [-0.25, -0.2) is 0 Å². The molecule has 4 rings (SSSR count). The van der Waals surface area contributed by atoms with Crippen LogP contribution in [0, 0.1) is 0 Å². The second kappa shape index (κ2) is 15.3. The average molecular weight is 637 g/mol. The number of hydrogen-bond donors (Lipinski definition) is 0. The first kappa shape index (κ1) is 33.7. The maximum absolute atomic E-state index is 12.8. The van der Waals surface area contributed by atoms with E-state index >= 15 is 0 Å². The van der Waals surface area contributed by atoms with Crippen LogP contribution in [0.2, 0.25) is 0 Å². The molecule has 0 aromatic heterocycles. The fourth-order valence-electron chi connectivity index (χ4n) is 5.21. The van der Waals surface area contributed by atoms with Crippen molar-refractivity contribution in [2.45, 2.75) is 102 Å². The zero-order valence-electron chi connectivity index (χ0n) is 21.9. The smallest absolute Gasteiger partial charge is 0.418 e. The number of allylic oxidation sites excluding steroid dienone is 4. The monoisotopic (exact) mass is 637 g/mol. The number of amides is 2. The molecule has 206 valence electrons. The third-order valence-corrected chi connectivity index (χ3v) is 13.9. The van der Waals surface area contributed by atoms with Gasteiger partial charge in [-0.15, -0.1) is 0 Å². The minimum atomic E-state index is -6.00. The van der Waals surface area contributed by atoms with Gasteiger partial charge in [-0.05, 0) is 74.0 Å². The molecule has 4 aliphatic rings. The van der Waals surface area contributed by atoms with Crippen molar-refractivity contribution in [1.82, 2.24) is 4.90 Å². The van der Waals surface area contributed by atoms with Crippen molar-refractivity contribution in [3.63, 3.8) is 0 Å². The Balaban J connectivity index is 0.000000383. The molecule has 3 nitrogen and oxygen atoms in total. The Bertz CT molecular complexity index is 754. The van der Waals surface area contributed by atoms with E-state index in [1.54, 1.807) is 7.05 Å². The molecule has 0 saturated carbocycles. The minimum Gasteiger partial charge on any atom is -0.418 e. The van der Waals surface area contributed by atoms with Crippen molar-refractivity contribution in [2.75, 3.05) is 7.05 Å². The zero-order valence-corrected chi connectivity index (χ0v) is 25.3. The number of hydrogen-bond acceptors (Lipinski definition) is 2. The molecule has 2 saturated heterocycles. The predicted octanol–water partition coefficient (Wildman–Crippen LogP) is 8.27. The van der Waals surface area contributed by atoms with Crippen molar-refractivity contribution >= 4 is 34.9 Å². The van der Waals surface area contributed by atoms with E-state index in [1.165, 1.54) is 56.3 Å². The quantitative estimate of drug-likeness (QED) is 0.101. The summed E-state index contributed by atoms with van der Waals surface area (Å²) in [4.78, 5) is 27.1. The van der Waals surface area contributed by atoms with Crippen molar-refractivity contribution in [2.24, 2.45) is 0 Å². The van der Waals surface area contributed by atoms with Crippen molar-refractivity contribution in [1.29, 1.82) is 0 Å². The standard InChI is InChI=1S/C17H27NO2P2.C8H12.BF4.Rh/c1-10-6-7-11(2)21(10)14-15(17(20)18(5)16(14)19)22-12(3)8-9-13(22)4;1-2-4-6-8-7-5-3-1;2-1(3,4)5;/h10-13H,6-9H2,1-5H3;1-2,7-8H,3-6H2;;/q;;-1;+1/b;2-1-,8-7-;;/t10-,11-,12-,13-;;;/m1.../s1. The number of likely N-dealkylation sites (N-methyl/N-ethyl adjacent to an activating group) is 1. The van der Waals surface area contributed by atoms with Gasteiger partial charge in [0.2, 0.25) is 0 Å². The summed E-state index contributed by atoms with van der Waals surface area (Å²) < 4.78 is 39.0. The second-order valence-electron chi connectivity index (χ2n) is 9.82. The van der Waals surface area contributed by atoms with Crippen LogP contribution >= 0.6 is 15.8 Å². The van der Waals surface area contributed by atoms with E-state index in [0.29, 0.717) is 22.6 Å². The average Bonchev–Trinajstić information content (AvgIpc) is 3.30. The van der Waals surface area contributed by atoms with Crippen LogP contribution in [0.1, 0.15) is 79.1 Å². The van der Waals surface area contributed by atoms with Gasteiger partial charge in [0, 0.05) is 7.05 Å². The number of imide groups is 1. The number of nitrogens with zero attached hydrogens (tertiary/aromatic N) is 1. The van der Waals surface area contributed by atoms with Crippen LogP contribution in [-0.4, -0.2) is 53.7 Å². The van der Waals surface area contributed by atoms with Crippen LogP contribution in [0.25, 0.3) is 0 Å². The molecule has 0 bridgehead atoms. The molecule has 11 heteroatoms. The Hall–Kier alpha value is -0.372. The summed E-state index contributed by atoms with van der Waals surface area (Å²) in [6.07, 6.45) is 18.8. The zero-order chi connectivity index (χ0) is 26.3. The molecule has 0 radical (unpaired) electrons. The first-order valence-electron chi connectivity index (χ1n) is 12.6. The number of halogens is 4. The fourth-order valence-corrected chi connectivity index (χ4v) is 12.5. The van der Waals surface area contributed by atoms with E-state index in [2.05, 4.69) is 52.0 Å². The molecule has 0 aromatic carbocycles. The molecular weight excluding hydrogens is 598 g/mol. The van der Waals surface area contributed by atoms with E-state index in [1.807, 2.05) is 0 Å². The maximum Gasteiger partial charge on any atom is 1.00 e. The van der Waals surface area contributed by atoms with Gasteiger partial charge in [0.1, 0.15) is 0 Å². The van der Waals surface area contributed by atoms with Crippen LogP contribution in [0.5, 0.6) is 0 Å². The van der Waals surface area contributed by atoms with Gasteiger partial charge in [0.15, 0.2) is 0 Å². The normalized spacial score (nSPS) is 31.1. The van der Waals surface area contributed by atoms with Crippen LogP contribution in [0.4, 0.5) is 17.3 Å². The summed E-state index contributed by atoms with van der Waals surface area (Å²) >= 11 is 0. The van der Waals surface area contributed by atoms with Gasteiger partial charge >= 0.3 is 26.7 Å². The minimum absolute atomic E-state index is 0. The molecule has 1 aliphatic carbocycles. The van der Waals surface area contributed by atoms with E-state index in [0.717, 1.165) is 10.6 Å². The molecule has 3 heterocycles. The first-order valence-corrected chi connectivity index (χ1v) is 15.6. The Morgan fingerprint density at radius 3 is 1.11 bits per heavy atom. The molecule has 0 unspecified atom stereocenters. The Morgan fingerprint density at radius 2 is 0.889 bits per heavy atom. The summed E-state index contributed by atoms with van der Waals surface area (Å²) in [6.45, 7) is 9.13. The van der Waals surface area contributed by atoms with Crippen LogP contribution < -0.4 is 0 Å². The van der Waals surface area contributed by atoms with Crippen LogP contribution in [0.15, 0.2) is 34.9 Å². The Labute approximate surface area is 229 Å². The number of carbonyl (C=O) groups excluding carboxylic acids is 2. The van der Waals surface area contributed by atoms with Gasteiger partial charge in [0.05, 0.1) is 10.6 Å². The predicted molar refractivity (Wildman–Crippen MR) is 142 cm³/mol. The summed E-state index contributed by atoms with van der Waals surface area (Å²) in [7, 11) is -5.26. The molecule has 36 heavy (non-hydrogen) atoms. The molecule has 2 fully saturated rings. The van der Waals surface area contributed by atoms with Crippen molar-refractivity contribution in [3.05, 3.63) is 34.9 Å². The topological polar surface area (TPSA) is 37.4 Å². The van der Waals surface area contributed by atoms with Crippen LogP contribution in [0.3, 0.4) is 0 Å². The summed E-state index contributed by atoms with van der Waals surface area (Å²) in [5.74, 6) is 0.0565. The molecule has 0 spiro atoms. The second-order valence-corrected chi connectivity index (χ2v) is 15.9. The molecular formula is C25H39BF4NO2P2Rh. The third kappa shape index (κ3) is 9.43. The summed E-state index contributed by atoms with van der Waals surface area (Å²) in [5.41, 5.74) is 2.34. The first-order chi connectivity index (χ1) is 16.3. The molecule has 2 amide bonds. The van der Waals surface area contributed by atoms with Crippen molar-refractivity contribution in [3.8, 4) is 0 Å². The van der Waals surface area contributed by atoms with Gasteiger partial charge in [0.25, 0.3) is 11.8 Å². The number of carbonyl (C=O) groups is 2. The largest absolute Gasteiger partial charge is 1.00 e. The number of rotatable bonds is 2. The van der Waals surface area contributed by atoms with Gasteiger partial charge in [-0.2, -0.15) is 0 Å². The van der Waals surface area contributed by atoms with Gasteiger partial charge in [-0.1, -0.05) is 67.8 Å². The van der Waals surface area contributed by atoms with Gasteiger partial charge in [-0.3, -0.25) is 14.5 Å². The van der Waals surface area contributed by atoms with E-state index in [-0.39, 0.29) is 31.3 Å². The van der Waals surface area contributed by atoms with E-state index in [9.17, 15) is 26.9 Å². The maximum atomic E-state index is 12.8. The third-order valence-electron chi connectivity index (χ3n) is 6.99. The molecule has 4 atom stereocenters. The Kier molecular flexibility index (Phi) is 14.3. The summed E-state index contributed by atoms with van der Waals surface area (Å²) in [5, 5.41) is 1.96. The van der Waals surface area contributed by atoms with Crippen molar-refractivity contribution < 1.29 is 46.3 Å². The van der Waals surface area contributed by atoms with Gasteiger partial charge < -0.3 is 17.3 Å². The fraction of sp³-hybridized carbons (Fsp3) is 0.680. The molecule has 0 aromatic rings. The Morgan fingerprint density at radius 1 is 0.667 bits per heavy atom.